The van der Waals surface area contributed by atoms with Crippen LogP contribution >= 0.6 is 28.1 Å². The van der Waals surface area contributed by atoms with Crippen molar-refractivity contribution >= 4 is 45.0 Å². The van der Waals surface area contributed by atoms with Crippen molar-refractivity contribution in [2.75, 3.05) is 11.9 Å². The molecule has 1 aromatic rings. The van der Waals surface area contributed by atoms with Crippen molar-refractivity contribution < 1.29 is 14.7 Å². The lowest BCUT2D eigenvalue weighted by Crippen LogP contribution is -2.29. The molecule has 1 aromatic heterocycles. The summed E-state index contributed by atoms with van der Waals surface area (Å²) in [5.41, 5.74) is 2.41. The molecular weight excluding hydrogens is 310 g/mol. The molecule has 1 rings (SSSR count). The van der Waals surface area contributed by atoms with Crippen LogP contribution in [0, 0.1) is 0 Å². The van der Waals surface area contributed by atoms with Gasteiger partial charge in [-0.25, -0.2) is 10.5 Å². The highest BCUT2D eigenvalue weighted by Gasteiger charge is 2.00. The van der Waals surface area contributed by atoms with E-state index in [1.54, 1.807) is 18.2 Å². The van der Waals surface area contributed by atoms with Crippen molar-refractivity contribution in [1.29, 1.82) is 0 Å². The van der Waals surface area contributed by atoms with Gasteiger partial charge in [0.25, 0.3) is 0 Å². The number of nitrogens with one attached hydrogen (secondary N) is 2. The molecule has 0 spiro atoms. The highest BCUT2D eigenvalue weighted by Crippen LogP contribution is 2.09. The van der Waals surface area contributed by atoms with Crippen molar-refractivity contribution in [2.45, 2.75) is 6.42 Å². The van der Waals surface area contributed by atoms with Crippen molar-refractivity contribution in [3.63, 3.8) is 0 Å². The van der Waals surface area contributed by atoms with E-state index in [0.717, 1.165) is 0 Å². The molecule has 3 N–H and O–H groups in total. The van der Waals surface area contributed by atoms with Gasteiger partial charge in [0.2, 0.25) is 0 Å². The number of thiocarbonyl (C=S) groups is 1. The third-order valence-electron chi connectivity index (χ3n) is 1.54. The molecule has 6 nitrogen and oxygen atoms in total. The molecule has 92 valence electrons. The molecule has 17 heavy (non-hydrogen) atoms. The average molecular weight is 320 g/mol. The van der Waals surface area contributed by atoms with Crippen molar-refractivity contribution in [1.82, 2.24) is 10.5 Å². The van der Waals surface area contributed by atoms with Crippen LogP contribution in [0.25, 0.3) is 0 Å². The smallest absolute Gasteiger partial charge is 0.305 e. The predicted octanol–water partition coefficient (Wildman–Crippen LogP) is 1.54. The Bertz CT molecular complexity index is 416. The van der Waals surface area contributed by atoms with E-state index in [0.29, 0.717) is 10.4 Å². The molecule has 0 amide bonds. The van der Waals surface area contributed by atoms with Gasteiger partial charge in [-0.1, -0.05) is 6.07 Å². The summed E-state index contributed by atoms with van der Waals surface area (Å²) in [6, 6.07) is 5.31. The molecule has 0 fully saturated rings. The number of carboxylic acids is 1. The first-order valence-electron chi connectivity index (χ1n) is 4.61. The van der Waals surface area contributed by atoms with Crippen molar-refractivity contribution in [2.24, 2.45) is 0 Å². The van der Waals surface area contributed by atoms with Crippen LogP contribution in [0.2, 0.25) is 0 Å². The third-order valence-corrected chi connectivity index (χ3v) is 2.17. The quantitative estimate of drug-likeness (QED) is 0.328. The topological polar surface area (TPSA) is 83.5 Å². The summed E-state index contributed by atoms with van der Waals surface area (Å²) in [6.07, 6.45) is -0.0925. The number of halogens is 1. The summed E-state index contributed by atoms with van der Waals surface area (Å²) in [4.78, 5) is 19.1. The van der Waals surface area contributed by atoms with Gasteiger partial charge in [-0.2, -0.15) is 0 Å². The molecule has 0 atom stereocenters. The first-order valence-corrected chi connectivity index (χ1v) is 5.81. The first kappa shape index (κ1) is 13.8. The summed E-state index contributed by atoms with van der Waals surface area (Å²) in [7, 11) is 0. The van der Waals surface area contributed by atoms with Gasteiger partial charge in [-0.15, -0.1) is 0 Å². The van der Waals surface area contributed by atoms with Crippen molar-refractivity contribution in [3.05, 3.63) is 22.8 Å². The van der Waals surface area contributed by atoms with Crippen LogP contribution < -0.4 is 10.8 Å². The maximum Gasteiger partial charge on any atom is 0.305 e. The van der Waals surface area contributed by atoms with Gasteiger partial charge in [0.05, 0.1) is 13.0 Å². The number of carboxylic acid groups (broad SMARTS) is 1. The summed E-state index contributed by atoms with van der Waals surface area (Å²) >= 11 is 8.13. The third kappa shape index (κ3) is 6.15. The van der Waals surface area contributed by atoms with Crippen LogP contribution in [0.3, 0.4) is 0 Å². The van der Waals surface area contributed by atoms with Crippen LogP contribution in [-0.4, -0.2) is 27.8 Å². The number of hydroxylamine groups is 1. The molecule has 0 unspecified atom stereocenters. The fourth-order valence-electron chi connectivity index (χ4n) is 0.875. The maximum absolute atomic E-state index is 10.2. The van der Waals surface area contributed by atoms with E-state index in [1.807, 2.05) is 0 Å². The highest BCUT2D eigenvalue weighted by molar-refractivity contribution is 9.10. The number of pyridine rings is 1. The van der Waals surface area contributed by atoms with Crippen LogP contribution in [0.4, 0.5) is 5.82 Å². The lowest BCUT2D eigenvalue weighted by atomic mass is 10.5. The summed E-state index contributed by atoms with van der Waals surface area (Å²) in [5, 5.41) is 11.4. The summed E-state index contributed by atoms with van der Waals surface area (Å²) in [5.74, 6) is -0.377. The predicted molar refractivity (Wildman–Crippen MR) is 69.5 cm³/mol. The maximum atomic E-state index is 10.2. The Hall–Kier alpha value is -1.25. The molecule has 0 radical (unpaired) electrons. The Morgan fingerprint density at radius 3 is 3.00 bits per heavy atom. The van der Waals surface area contributed by atoms with Crippen LogP contribution in [0.5, 0.6) is 0 Å². The monoisotopic (exact) mass is 319 g/mol. The second-order valence-electron chi connectivity index (χ2n) is 2.89. The fourth-order valence-corrected chi connectivity index (χ4v) is 1.38. The molecule has 0 aromatic carbocycles. The number of carbonyl (C=O) groups is 1. The zero-order valence-corrected chi connectivity index (χ0v) is 11.0. The minimum Gasteiger partial charge on any atom is -0.481 e. The molecule has 0 bridgehead atoms. The summed E-state index contributed by atoms with van der Waals surface area (Å²) < 4.78 is 0.678. The van der Waals surface area contributed by atoms with E-state index in [1.165, 1.54) is 0 Å². The second-order valence-corrected chi connectivity index (χ2v) is 4.11. The van der Waals surface area contributed by atoms with Gasteiger partial charge >= 0.3 is 5.97 Å². The molecular formula is C9H10BrN3O3S. The standard InChI is InChI=1S/C9H10BrN3O3S/c10-6-2-1-3-7(11-6)12-9(17)13-16-5-4-8(14)15/h1-3H,4-5H2,(H,14,15)(H2,11,12,13,17). The number of aromatic nitrogens is 1. The molecule has 0 saturated carbocycles. The Morgan fingerprint density at radius 1 is 1.59 bits per heavy atom. The Morgan fingerprint density at radius 2 is 2.35 bits per heavy atom. The van der Waals surface area contributed by atoms with E-state index >= 15 is 0 Å². The van der Waals surface area contributed by atoms with E-state index < -0.39 is 5.97 Å². The number of rotatable bonds is 5. The first-order chi connectivity index (χ1) is 8.08. The minimum absolute atomic E-state index is 0.0308. The van der Waals surface area contributed by atoms with Crippen LogP contribution in [0.15, 0.2) is 22.8 Å². The number of aliphatic carboxylic acids is 1. The minimum atomic E-state index is -0.931. The van der Waals surface area contributed by atoms with Gasteiger partial charge in [-0.3, -0.25) is 9.63 Å². The zero-order chi connectivity index (χ0) is 12.7. The number of hydrogen-bond acceptors (Lipinski definition) is 4. The molecule has 0 aliphatic heterocycles. The van der Waals surface area contributed by atoms with Gasteiger partial charge in [0.15, 0.2) is 5.11 Å². The number of anilines is 1. The lowest BCUT2D eigenvalue weighted by Gasteiger charge is -2.09. The van der Waals surface area contributed by atoms with Crippen molar-refractivity contribution in [3.8, 4) is 0 Å². The fraction of sp³-hybridized carbons (Fsp3) is 0.222. The van der Waals surface area contributed by atoms with Crippen LogP contribution in [0.1, 0.15) is 6.42 Å². The van der Waals surface area contributed by atoms with E-state index in [4.69, 9.17) is 22.2 Å². The van der Waals surface area contributed by atoms with Gasteiger partial charge < -0.3 is 10.4 Å². The van der Waals surface area contributed by atoms with Gasteiger partial charge in [0, 0.05) is 0 Å². The largest absolute Gasteiger partial charge is 0.481 e. The molecule has 0 saturated heterocycles. The van der Waals surface area contributed by atoms with E-state index in [2.05, 4.69) is 31.7 Å². The molecule has 0 aliphatic rings. The molecule has 1 heterocycles. The van der Waals surface area contributed by atoms with Gasteiger partial charge in [-0.05, 0) is 40.3 Å². The Balaban J connectivity index is 2.27. The average Bonchev–Trinajstić information content (AvgIpc) is 2.24. The number of hydrogen-bond donors (Lipinski definition) is 3. The lowest BCUT2D eigenvalue weighted by molar-refractivity contribution is -0.138. The Labute approximate surface area is 111 Å². The Kier molecular flexibility index (Phi) is 5.81. The number of nitrogens with zero attached hydrogens (tertiary/aromatic N) is 1. The molecule has 8 heteroatoms. The summed E-state index contributed by atoms with van der Waals surface area (Å²) in [6.45, 7) is 0.0308. The van der Waals surface area contributed by atoms with E-state index in [-0.39, 0.29) is 18.1 Å². The zero-order valence-electron chi connectivity index (χ0n) is 8.64. The second kappa shape index (κ2) is 7.15. The SMILES string of the molecule is O=C(O)CCONC(=S)Nc1cccc(Br)n1. The van der Waals surface area contributed by atoms with Gasteiger partial charge in [0.1, 0.15) is 10.4 Å². The normalized spacial score (nSPS) is 9.71. The van der Waals surface area contributed by atoms with E-state index in [9.17, 15) is 4.79 Å². The van der Waals surface area contributed by atoms with Crippen LogP contribution in [-0.2, 0) is 9.63 Å². The molecule has 0 aliphatic carbocycles. The highest BCUT2D eigenvalue weighted by atomic mass is 79.9.